The molecule has 0 fully saturated rings. The lowest BCUT2D eigenvalue weighted by Gasteiger charge is -2.37. The minimum Gasteiger partial charge on any atom is -0.496 e. The Kier molecular flexibility index (Phi) is 18.0. The van der Waals surface area contributed by atoms with Crippen LogP contribution in [-0.2, 0) is 42.7 Å². The number of rotatable bonds is 24. The van der Waals surface area contributed by atoms with E-state index >= 15 is 0 Å². The number of hydrogen-bond acceptors (Lipinski definition) is 14. The second kappa shape index (κ2) is 22.9. The van der Waals surface area contributed by atoms with Crippen LogP contribution >= 0.6 is 0 Å². The summed E-state index contributed by atoms with van der Waals surface area (Å²) in [6.45, 7) is 10.8. The molecule has 1 aromatic rings. The maximum atomic E-state index is 13.2. The van der Waals surface area contributed by atoms with Crippen molar-refractivity contribution >= 4 is 24.4 Å². The highest BCUT2D eigenvalue weighted by atomic mass is 16.6. The van der Waals surface area contributed by atoms with Gasteiger partial charge in [0.25, 0.3) is 0 Å². The van der Waals surface area contributed by atoms with Crippen LogP contribution in [0.2, 0.25) is 0 Å². The van der Waals surface area contributed by atoms with Gasteiger partial charge >= 0.3 is 12.1 Å². The summed E-state index contributed by atoms with van der Waals surface area (Å²) < 4.78 is 45.2. The van der Waals surface area contributed by atoms with E-state index in [1.165, 1.54) is 6.08 Å². The molecule has 0 spiro atoms. The number of para-hydroxylation sites is 1. The summed E-state index contributed by atoms with van der Waals surface area (Å²) >= 11 is 0. The summed E-state index contributed by atoms with van der Waals surface area (Å²) in [5.41, 5.74) is 7.81. The highest BCUT2D eigenvalue weighted by Crippen LogP contribution is 2.39. The van der Waals surface area contributed by atoms with Gasteiger partial charge in [0.05, 0.1) is 59.5 Å². The number of amides is 1. The molecular formula is C40H58N5O11+. The van der Waals surface area contributed by atoms with Gasteiger partial charge in [0.2, 0.25) is 0 Å². The number of methoxy groups -OCH3 is 3. The smallest absolute Gasteiger partial charge is 0.407 e. The Hall–Kier alpha value is -4.55. The van der Waals surface area contributed by atoms with Crippen LogP contribution in [0, 0.1) is 5.92 Å². The highest BCUT2D eigenvalue weighted by Gasteiger charge is 2.39. The number of esters is 1. The zero-order chi connectivity index (χ0) is 40.3. The van der Waals surface area contributed by atoms with Crippen molar-refractivity contribution in [1.82, 2.24) is 20.8 Å². The highest BCUT2D eigenvalue weighted by molar-refractivity contribution is 5.94. The number of aldehydes is 1. The predicted molar refractivity (Wildman–Crippen MR) is 207 cm³/mol. The van der Waals surface area contributed by atoms with Gasteiger partial charge in [-0.15, -0.1) is 0 Å². The topological polar surface area (TPSA) is 172 Å². The van der Waals surface area contributed by atoms with E-state index in [2.05, 4.69) is 15.8 Å². The molecule has 16 nitrogen and oxygen atoms in total. The Morgan fingerprint density at radius 3 is 2.46 bits per heavy atom. The monoisotopic (exact) mass is 784 g/mol. The van der Waals surface area contributed by atoms with Gasteiger partial charge in [-0.05, 0) is 44.6 Å². The van der Waals surface area contributed by atoms with E-state index in [0.717, 1.165) is 17.6 Å². The first-order chi connectivity index (χ1) is 27.0. The molecule has 2 aliphatic heterocycles. The van der Waals surface area contributed by atoms with Gasteiger partial charge in [-0.3, -0.25) is 14.7 Å². The van der Waals surface area contributed by atoms with Crippen LogP contribution in [0.1, 0.15) is 26.3 Å². The van der Waals surface area contributed by atoms with E-state index in [4.69, 9.17) is 37.9 Å². The van der Waals surface area contributed by atoms with Gasteiger partial charge in [0, 0.05) is 69.1 Å². The minimum atomic E-state index is -0.713. The van der Waals surface area contributed by atoms with Crippen LogP contribution < -0.4 is 21.0 Å². The van der Waals surface area contributed by atoms with Gasteiger partial charge in [0.15, 0.2) is 12.3 Å². The number of carbonyl (C=O) groups is 3. The summed E-state index contributed by atoms with van der Waals surface area (Å²) in [5, 5.41) is 4.55. The first-order valence-electron chi connectivity index (χ1n) is 18.7. The third kappa shape index (κ3) is 14.2. The van der Waals surface area contributed by atoms with Gasteiger partial charge in [-0.1, -0.05) is 29.8 Å². The zero-order valence-corrected chi connectivity index (χ0v) is 33.4. The van der Waals surface area contributed by atoms with Crippen molar-refractivity contribution in [3.05, 3.63) is 82.4 Å². The molecule has 1 aliphatic carbocycles. The maximum absolute atomic E-state index is 13.2. The van der Waals surface area contributed by atoms with Crippen LogP contribution in [0.15, 0.2) is 76.9 Å². The first kappa shape index (κ1) is 44.2. The third-order valence-corrected chi connectivity index (χ3v) is 8.74. The minimum absolute atomic E-state index is 0.246. The number of allylic oxidation sites excluding steroid dienone is 2. The molecule has 2 atom stereocenters. The number of carbonyl (C=O) groups excluding carboxylic acids is 3. The molecule has 2 heterocycles. The number of hydrogen-bond donors (Lipinski definition) is 3. The Balaban J connectivity index is 1.39. The molecule has 1 amide bonds. The van der Waals surface area contributed by atoms with Crippen molar-refractivity contribution in [2.45, 2.75) is 32.5 Å². The Morgan fingerprint density at radius 2 is 1.77 bits per heavy atom. The van der Waals surface area contributed by atoms with Gasteiger partial charge in [0.1, 0.15) is 29.5 Å². The number of alkyl carbamates (subject to hydrolysis) is 1. The second-order valence-electron chi connectivity index (χ2n) is 14.1. The lowest BCUT2D eigenvalue weighted by atomic mass is 9.79. The summed E-state index contributed by atoms with van der Waals surface area (Å²) in [4.78, 5) is 39.6. The lowest BCUT2D eigenvalue weighted by molar-refractivity contribution is -0.678. The van der Waals surface area contributed by atoms with Gasteiger partial charge in [-0.25, -0.2) is 15.0 Å². The van der Waals surface area contributed by atoms with Crippen LogP contribution in [0.4, 0.5) is 4.79 Å². The normalized spacial score (nSPS) is 18.4. The summed E-state index contributed by atoms with van der Waals surface area (Å²) in [5.74, 6) is 0.217. The summed E-state index contributed by atoms with van der Waals surface area (Å²) in [6.07, 6.45) is 8.45. The molecule has 3 aliphatic rings. The third-order valence-electron chi connectivity index (χ3n) is 8.74. The zero-order valence-electron chi connectivity index (χ0n) is 33.4. The van der Waals surface area contributed by atoms with E-state index < -0.39 is 29.7 Å². The molecule has 4 N–H and O–H groups in total. The number of hydrazine groups is 1. The molecule has 308 valence electrons. The molecule has 0 radical (unpaired) electrons. The molecule has 0 bridgehead atoms. The first-order valence-corrected chi connectivity index (χ1v) is 18.7. The van der Waals surface area contributed by atoms with Crippen molar-refractivity contribution in [1.29, 1.82) is 0 Å². The number of nitrogens with zero attached hydrogens (tertiary/aromatic N) is 2. The van der Waals surface area contributed by atoms with Crippen molar-refractivity contribution in [3.8, 4) is 5.75 Å². The Bertz CT molecular complexity index is 1610. The average Bonchev–Trinajstić information content (AvgIpc) is 3.63. The number of fused-ring (bicyclic) bond motifs is 1. The van der Waals surface area contributed by atoms with Crippen molar-refractivity contribution in [2.75, 3.05) is 100 Å². The largest absolute Gasteiger partial charge is 0.496 e. The van der Waals surface area contributed by atoms with Crippen molar-refractivity contribution in [2.24, 2.45) is 5.92 Å². The van der Waals surface area contributed by atoms with Crippen LogP contribution in [0.25, 0.3) is 6.08 Å². The second-order valence-corrected chi connectivity index (χ2v) is 14.1. The number of nitrogens with two attached hydrogens (primary N) is 1. The van der Waals surface area contributed by atoms with Gasteiger partial charge in [-0.2, -0.15) is 0 Å². The average molecular weight is 785 g/mol. The standard InChI is InChI=1S/C40H57N5O11/c1-40(2,3)56-39(48)41-13-17-52-21-22-53-20-16-45-25-31(42-43-45)28-54-36-12-11-32-33(30(27-46)23-29-9-7-8-10-35(29)51-6)24-37(47)55-38(32)34(36)26-44(14-18-49-4)15-19-50-5/h7-12,23-25,27,32,38,42-43H,13-22,26,28H2,1-6H3,(H,41,48)/p+1/b30-23+. The molecule has 4 rings (SSSR count). The van der Waals surface area contributed by atoms with Crippen molar-refractivity contribution < 1.29 is 57.7 Å². The quantitative estimate of drug-likeness (QED) is 0.0456. The number of benzene rings is 1. The van der Waals surface area contributed by atoms with Crippen LogP contribution in [0.3, 0.4) is 0 Å². The SMILES string of the molecule is COCCN(CCOC)CC1=C(OCC2=CN(CCOCCOCCNC(=O)OC(C)(C)C)N[NH2+]2)C=CC2C(/C(C=O)=C/c3ccccc3OC)=CC(=O)OC12. The molecule has 0 aromatic heterocycles. The van der Waals surface area contributed by atoms with E-state index in [1.807, 2.05) is 73.8 Å². The van der Waals surface area contributed by atoms with E-state index in [-0.39, 0.29) is 6.61 Å². The number of ether oxygens (including phenoxy) is 8. The van der Waals surface area contributed by atoms with E-state index in [9.17, 15) is 14.4 Å². The Morgan fingerprint density at radius 1 is 1.04 bits per heavy atom. The fourth-order valence-corrected chi connectivity index (χ4v) is 6.06. The van der Waals surface area contributed by atoms with Crippen molar-refractivity contribution in [3.63, 3.8) is 0 Å². The fraction of sp³-hybridized carbons (Fsp3) is 0.525. The molecule has 0 saturated heterocycles. The fourth-order valence-electron chi connectivity index (χ4n) is 6.06. The number of quaternary nitrogens is 1. The molecule has 56 heavy (non-hydrogen) atoms. The molecule has 0 saturated carbocycles. The molecule has 1 aromatic carbocycles. The number of nitrogens with one attached hydrogen (secondary N) is 2. The van der Waals surface area contributed by atoms with E-state index in [1.54, 1.807) is 27.4 Å². The molecular weight excluding hydrogens is 726 g/mol. The molecule has 16 heteroatoms. The summed E-state index contributed by atoms with van der Waals surface area (Å²) in [6, 6.07) is 7.38. The predicted octanol–water partition coefficient (Wildman–Crippen LogP) is 1.88. The van der Waals surface area contributed by atoms with Crippen LogP contribution in [0.5, 0.6) is 5.75 Å². The van der Waals surface area contributed by atoms with E-state index in [0.29, 0.717) is 101 Å². The summed E-state index contributed by atoms with van der Waals surface area (Å²) in [7, 11) is 4.87. The Labute approximate surface area is 329 Å². The lowest BCUT2D eigenvalue weighted by Crippen LogP contribution is -2.91. The molecule has 2 unspecified atom stereocenters. The van der Waals surface area contributed by atoms with Gasteiger partial charge < -0.3 is 43.2 Å². The van der Waals surface area contributed by atoms with Crippen LogP contribution in [-0.4, -0.2) is 140 Å². The maximum Gasteiger partial charge on any atom is 0.407 e.